The van der Waals surface area contributed by atoms with Gasteiger partial charge in [-0.25, -0.2) is 0 Å². The number of amides is 1. The van der Waals surface area contributed by atoms with Gasteiger partial charge in [0.1, 0.15) is 6.04 Å². The number of rotatable bonds is 6. The number of methoxy groups -OCH3 is 1. The molecular weight excluding hydrogens is 408 g/mol. The van der Waals surface area contributed by atoms with Crippen LogP contribution in [0.15, 0.2) is 58.3 Å². The lowest BCUT2D eigenvalue weighted by atomic mass is 9.98. The quantitative estimate of drug-likeness (QED) is 0.584. The van der Waals surface area contributed by atoms with Crippen LogP contribution in [0.4, 0.5) is 0 Å². The summed E-state index contributed by atoms with van der Waals surface area (Å²) in [6.45, 7) is 2.28. The summed E-state index contributed by atoms with van der Waals surface area (Å²) in [7, 11) is 1.47. The lowest BCUT2D eigenvalue weighted by molar-refractivity contribution is -0.129. The molecule has 0 fully saturated rings. The molecule has 1 unspecified atom stereocenters. The van der Waals surface area contributed by atoms with Crippen LogP contribution in [0, 0.1) is 0 Å². The van der Waals surface area contributed by atoms with Crippen molar-refractivity contribution < 1.29 is 23.8 Å². The fourth-order valence-corrected chi connectivity index (χ4v) is 3.90. The van der Waals surface area contributed by atoms with Crippen molar-refractivity contribution in [3.63, 3.8) is 0 Å². The number of aromatic nitrogens is 1. The normalized spacial score (nSPS) is 16.6. The minimum atomic E-state index is -0.801. The third-order valence-electron chi connectivity index (χ3n) is 4.97. The largest absolute Gasteiger partial charge is 0.503 e. The van der Waals surface area contributed by atoms with E-state index < -0.39 is 23.5 Å². The van der Waals surface area contributed by atoms with Crippen LogP contribution in [-0.4, -0.2) is 40.3 Å². The van der Waals surface area contributed by atoms with Gasteiger partial charge >= 0.3 is 0 Å². The maximum atomic E-state index is 13.4. The highest BCUT2D eigenvalue weighted by Crippen LogP contribution is 2.40. The summed E-state index contributed by atoms with van der Waals surface area (Å²) < 4.78 is 11.0. The van der Waals surface area contributed by atoms with E-state index in [0.717, 1.165) is 0 Å². The van der Waals surface area contributed by atoms with E-state index in [9.17, 15) is 14.7 Å². The van der Waals surface area contributed by atoms with Crippen LogP contribution < -0.4 is 4.74 Å². The van der Waals surface area contributed by atoms with E-state index in [2.05, 4.69) is 4.98 Å². The second-order valence-corrected chi connectivity index (χ2v) is 7.32. The molecule has 0 spiro atoms. The van der Waals surface area contributed by atoms with Gasteiger partial charge < -0.3 is 19.2 Å². The lowest BCUT2D eigenvalue weighted by Gasteiger charge is -2.25. The van der Waals surface area contributed by atoms with Crippen molar-refractivity contribution in [2.45, 2.75) is 19.4 Å². The Hall–Kier alpha value is -3.32. The number of hydrogen-bond donors (Lipinski definition) is 1. The van der Waals surface area contributed by atoms with Gasteiger partial charge in [-0.3, -0.25) is 14.6 Å². The number of furan rings is 1. The van der Waals surface area contributed by atoms with Crippen LogP contribution in [0.3, 0.4) is 0 Å². The molecule has 1 aromatic carbocycles. The molecule has 4 rings (SSSR count). The fourth-order valence-electron chi connectivity index (χ4n) is 3.68. The molecule has 0 saturated heterocycles. The molecule has 1 N–H and O–H groups in total. The van der Waals surface area contributed by atoms with Crippen molar-refractivity contribution in [2.24, 2.45) is 0 Å². The van der Waals surface area contributed by atoms with Gasteiger partial charge in [-0.05, 0) is 30.7 Å². The van der Waals surface area contributed by atoms with Gasteiger partial charge in [0.05, 0.1) is 18.4 Å². The Balaban J connectivity index is 1.83. The molecule has 7 nitrogen and oxygen atoms in total. The van der Waals surface area contributed by atoms with Gasteiger partial charge in [0.2, 0.25) is 5.78 Å². The van der Waals surface area contributed by atoms with E-state index in [1.165, 1.54) is 18.1 Å². The van der Waals surface area contributed by atoms with E-state index in [1.54, 1.807) is 36.5 Å². The van der Waals surface area contributed by atoms with Crippen molar-refractivity contribution in [1.82, 2.24) is 9.88 Å². The molecule has 8 heteroatoms. The zero-order valence-electron chi connectivity index (χ0n) is 16.4. The molecule has 0 radical (unpaired) electrons. The topological polar surface area (TPSA) is 92.9 Å². The summed E-state index contributed by atoms with van der Waals surface area (Å²) in [6, 6.07) is 9.17. The van der Waals surface area contributed by atoms with E-state index >= 15 is 0 Å². The zero-order valence-corrected chi connectivity index (χ0v) is 17.1. The number of ketones is 1. The molecule has 3 aromatic rings. The second-order valence-electron chi connectivity index (χ2n) is 6.88. The van der Waals surface area contributed by atoms with Gasteiger partial charge in [-0.2, -0.15) is 0 Å². The van der Waals surface area contributed by atoms with Gasteiger partial charge in [0.25, 0.3) is 5.91 Å². The highest BCUT2D eigenvalue weighted by Gasteiger charge is 2.44. The molecule has 0 saturated carbocycles. The number of halogens is 1. The van der Waals surface area contributed by atoms with Crippen LogP contribution in [0.5, 0.6) is 5.75 Å². The van der Waals surface area contributed by atoms with Crippen molar-refractivity contribution >= 4 is 34.3 Å². The van der Waals surface area contributed by atoms with E-state index in [0.29, 0.717) is 40.4 Å². The molecule has 0 aliphatic carbocycles. The summed E-state index contributed by atoms with van der Waals surface area (Å²) in [6.07, 6.45) is 2.24. The minimum absolute atomic E-state index is 0.0285. The Morgan fingerprint density at radius 1 is 1.33 bits per heavy atom. The molecule has 1 atom stereocenters. The monoisotopic (exact) mass is 426 g/mol. The Bertz CT molecular complexity index is 1170. The number of benzene rings is 1. The lowest BCUT2D eigenvalue weighted by Crippen LogP contribution is -2.32. The number of hydrogen-bond acceptors (Lipinski definition) is 6. The van der Waals surface area contributed by atoms with E-state index in [-0.39, 0.29) is 11.3 Å². The van der Waals surface area contributed by atoms with Gasteiger partial charge in [-0.1, -0.05) is 24.6 Å². The maximum Gasteiger partial charge on any atom is 0.290 e. The average molecular weight is 427 g/mol. The molecular formula is C22H19ClN2O5. The fraction of sp³-hybridized carbons (Fsp3) is 0.227. The number of fused-ring (bicyclic) bond motifs is 1. The molecule has 1 aliphatic heterocycles. The number of aliphatic hydroxyl groups excluding tert-OH is 1. The van der Waals surface area contributed by atoms with Gasteiger partial charge in [0, 0.05) is 29.2 Å². The van der Waals surface area contributed by atoms with Crippen LogP contribution in [0.2, 0.25) is 5.02 Å². The summed E-state index contributed by atoms with van der Waals surface area (Å²) in [5, 5.41) is 11.6. The number of nitrogens with zero attached hydrogens (tertiary/aromatic N) is 2. The predicted molar refractivity (Wildman–Crippen MR) is 111 cm³/mol. The molecule has 1 aliphatic rings. The van der Waals surface area contributed by atoms with Crippen molar-refractivity contribution in [1.29, 1.82) is 0 Å². The highest BCUT2D eigenvalue weighted by molar-refractivity contribution is 6.31. The first kappa shape index (κ1) is 20.0. The number of aliphatic hydroxyl groups is 1. The second kappa shape index (κ2) is 7.84. The SMILES string of the molecule is CCCN1C(=O)C(O)=C(C(=O)c2cc3cc(Cl)cc(OC)c3o2)C1c1ccccn1. The minimum Gasteiger partial charge on any atom is -0.503 e. The average Bonchev–Trinajstić information content (AvgIpc) is 3.28. The number of ether oxygens (including phenoxy) is 1. The molecule has 0 bridgehead atoms. The van der Waals surface area contributed by atoms with Crippen molar-refractivity contribution in [2.75, 3.05) is 13.7 Å². The van der Waals surface area contributed by atoms with Gasteiger partial charge in [-0.15, -0.1) is 0 Å². The molecule has 2 aromatic heterocycles. The Labute approximate surface area is 177 Å². The summed E-state index contributed by atoms with van der Waals surface area (Å²) in [5.41, 5.74) is 0.786. The number of carbonyl (C=O) groups is 2. The summed E-state index contributed by atoms with van der Waals surface area (Å²) in [5.74, 6) is -1.43. The summed E-state index contributed by atoms with van der Waals surface area (Å²) in [4.78, 5) is 31.9. The third-order valence-corrected chi connectivity index (χ3v) is 5.19. The zero-order chi connectivity index (χ0) is 21.4. The van der Waals surface area contributed by atoms with Crippen LogP contribution >= 0.6 is 11.6 Å². The van der Waals surface area contributed by atoms with Crippen LogP contribution in [0.25, 0.3) is 11.0 Å². The Kier molecular flexibility index (Phi) is 5.22. The standard InChI is InChI=1S/C22H19ClN2O5/c1-3-8-25-18(14-6-4-5-7-24-14)17(20(27)22(25)28)19(26)15-10-12-9-13(23)11-16(29-2)21(12)30-15/h4-7,9-11,18,27H,3,8H2,1-2H3. The Morgan fingerprint density at radius 3 is 2.80 bits per heavy atom. The Morgan fingerprint density at radius 2 is 2.13 bits per heavy atom. The molecule has 154 valence electrons. The third kappa shape index (κ3) is 3.21. The number of carbonyl (C=O) groups excluding carboxylic acids is 2. The summed E-state index contributed by atoms with van der Waals surface area (Å²) >= 11 is 6.10. The smallest absolute Gasteiger partial charge is 0.290 e. The van der Waals surface area contributed by atoms with E-state index in [4.69, 9.17) is 20.8 Å². The van der Waals surface area contributed by atoms with Crippen molar-refractivity contribution in [3.05, 3.63) is 70.4 Å². The van der Waals surface area contributed by atoms with Crippen LogP contribution in [0.1, 0.15) is 35.6 Å². The first-order chi connectivity index (χ1) is 14.5. The van der Waals surface area contributed by atoms with Gasteiger partial charge in [0.15, 0.2) is 22.9 Å². The maximum absolute atomic E-state index is 13.4. The first-order valence-corrected chi connectivity index (χ1v) is 9.80. The molecule has 1 amide bonds. The van der Waals surface area contributed by atoms with Crippen molar-refractivity contribution in [3.8, 4) is 5.75 Å². The molecule has 3 heterocycles. The predicted octanol–water partition coefficient (Wildman–Crippen LogP) is 4.48. The van der Waals surface area contributed by atoms with E-state index in [1.807, 2.05) is 6.92 Å². The molecule has 30 heavy (non-hydrogen) atoms. The number of Topliss-reactive ketones (excluding diaryl/α,β-unsaturated/α-hetero) is 1. The van der Waals surface area contributed by atoms with Crippen LogP contribution in [-0.2, 0) is 4.79 Å². The number of pyridine rings is 1. The highest BCUT2D eigenvalue weighted by atomic mass is 35.5. The first-order valence-electron chi connectivity index (χ1n) is 9.43.